The van der Waals surface area contributed by atoms with E-state index >= 15 is 0 Å². The molecule has 2 N–H and O–H groups in total. The number of carbonyl (C=O) groups is 2. The Kier molecular flexibility index (Phi) is 9.29. The Balaban J connectivity index is 1.98. The minimum Gasteiger partial charge on any atom is -0.496 e. The van der Waals surface area contributed by atoms with Crippen LogP contribution in [0.5, 0.6) is 0 Å². The van der Waals surface area contributed by atoms with Crippen LogP contribution in [0.1, 0.15) is 76.8 Å². The molecule has 1 aromatic rings. The first-order valence-electron chi connectivity index (χ1n) is 12.5. The van der Waals surface area contributed by atoms with E-state index in [-0.39, 0.29) is 24.9 Å². The Hall–Kier alpha value is -3.35. The molecule has 1 aromatic carbocycles. The molecule has 7 heteroatoms. The fourth-order valence-electron chi connectivity index (χ4n) is 4.89. The molecule has 0 spiro atoms. The Morgan fingerprint density at radius 1 is 1.23 bits per heavy atom. The number of hydrazone groups is 1. The normalized spacial score (nSPS) is 18.6. The lowest BCUT2D eigenvalue weighted by Gasteiger charge is -2.34. The van der Waals surface area contributed by atoms with Crippen molar-refractivity contribution in [2.24, 2.45) is 11.0 Å². The van der Waals surface area contributed by atoms with Gasteiger partial charge in [-0.3, -0.25) is 9.59 Å². The molecule has 7 nitrogen and oxygen atoms in total. The van der Waals surface area contributed by atoms with Crippen LogP contribution in [0.3, 0.4) is 0 Å². The third kappa shape index (κ3) is 6.41. The van der Waals surface area contributed by atoms with Crippen molar-refractivity contribution in [1.82, 2.24) is 10.3 Å². The minimum absolute atomic E-state index is 0.138. The number of aliphatic carboxylic acids is 1. The van der Waals surface area contributed by atoms with E-state index in [0.29, 0.717) is 5.71 Å². The Bertz CT molecular complexity index is 1040. The van der Waals surface area contributed by atoms with Crippen molar-refractivity contribution in [3.8, 4) is 0 Å². The lowest BCUT2D eigenvalue weighted by molar-refractivity contribution is -0.135. The Morgan fingerprint density at radius 3 is 2.49 bits per heavy atom. The molecule has 2 aliphatic rings. The third-order valence-corrected chi connectivity index (χ3v) is 6.50. The summed E-state index contributed by atoms with van der Waals surface area (Å²) in [6, 6.07) is 8.22. The number of amides is 1. The lowest BCUT2D eigenvalue weighted by atomic mass is 9.81. The monoisotopic (exact) mass is 479 g/mol. The zero-order valence-corrected chi connectivity index (χ0v) is 21.3. The maximum atomic E-state index is 13.6. The van der Waals surface area contributed by atoms with E-state index < -0.39 is 5.97 Å². The van der Waals surface area contributed by atoms with E-state index in [1.165, 1.54) is 11.4 Å². The molecule has 0 bridgehead atoms. The number of carboxylic acids is 1. The van der Waals surface area contributed by atoms with Crippen molar-refractivity contribution in [2.45, 2.75) is 65.7 Å². The molecule has 1 aliphatic heterocycles. The van der Waals surface area contributed by atoms with E-state index in [4.69, 9.17) is 9.84 Å². The number of hydrogen-bond acceptors (Lipinski definition) is 5. The second-order valence-electron chi connectivity index (χ2n) is 9.03. The van der Waals surface area contributed by atoms with Gasteiger partial charge in [0.15, 0.2) is 0 Å². The van der Waals surface area contributed by atoms with Gasteiger partial charge in [-0.25, -0.2) is 5.01 Å². The number of carboxylic acid groups (broad SMARTS) is 1. The molecule has 0 radical (unpaired) electrons. The number of carbonyl (C=O) groups excluding carboxylic acids is 1. The summed E-state index contributed by atoms with van der Waals surface area (Å²) in [5.74, 6) is -0.0875. The summed E-state index contributed by atoms with van der Waals surface area (Å²) in [6.45, 7) is 5.92. The van der Waals surface area contributed by atoms with Crippen LogP contribution in [-0.4, -0.2) is 41.5 Å². The van der Waals surface area contributed by atoms with Gasteiger partial charge in [0.2, 0.25) is 0 Å². The van der Waals surface area contributed by atoms with E-state index in [2.05, 4.69) is 35.6 Å². The van der Waals surface area contributed by atoms with Gasteiger partial charge >= 0.3 is 5.97 Å². The predicted molar refractivity (Wildman–Crippen MR) is 139 cm³/mol. The molecule has 188 valence electrons. The molecular formula is C28H37N3O4. The van der Waals surface area contributed by atoms with E-state index in [1.807, 2.05) is 25.1 Å². The molecule has 1 aliphatic carbocycles. The van der Waals surface area contributed by atoms with Crippen LogP contribution < -0.4 is 5.32 Å². The SMILES string of the molecule is C/C=C(\C(=C/CC)OC)c1ccc(C2=C(C3CCCCC3)C(=O)N(/N=C(\C)CC(=O)O)CN2)cc1. The highest BCUT2D eigenvalue weighted by atomic mass is 16.5. The van der Waals surface area contributed by atoms with Crippen LogP contribution in [0.2, 0.25) is 0 Å². The summed E-state index contributed by atoms with van der Waals surface area (Å²) in [5.41, 5.74) is 5.05. The minimum atomic E-state index is -0.960. The van der Waals surface area contributed by atoms with Crippen molar-refractivity contribution >= 4 is 28.9 Å². The average molecular weight is 480 g/mol. The van der Waals surface area contributed by atoms with Crippen LogP contribution in [0.4, 0.5) is 0 Å². The van der Waals surface area contributed by atoms with E-state index in [9.17, 15) is 9.59 Å². The number of hydrogen-bond donors (Lipinski definition) is 2. The molecule has 1 heterocycles. The predicted octanol–water partition coefficient (Wildman–Crippen LogP) is 5.56. The first kappa shape index (κ1) is 26.3. The first-order chi connectivity index (χ1) is 16.9. The van der Waals surface area contributed by atoms with Gasteiger partial charge in [-0.05, 0) is 56.2 Å². The summed E-state index contributed by atoms with van der Waals surface area (Å²) < 4.78 is 5.59. The van der Waals surface area contributed by atoms with Crippen molar-refractivity contribution in [2.75, 3.05) is 13.8 Å². The summed E-state index contributed by atoms with van der Waals surface area (Å²) >= 11 is 0. The molecular weight excluding hydrogens is 442 g/mol. The average Bonchev–Trinajstić information content (AvgIpc) is 2.85. The van der Waals surface area contributed by atoms with Gasteiger partial charge in [-0.2, -0.15) is 5.10 Å². The number of methoxy groups -OCH3 is 1. The maximum Gasteiger partial charge on any atom is 0.309 e. The second-order valence-corrected chi connectivity index (χ2v) is 9.03. The molecule has 0 saturated heterocycles. The van der Waals surface area contributed by atoms with Crippen molar-refractivity contribution in [3.63, 3.8) is 0 Å². The fraction of sp³-hybridized carbons (Fsp3) is 0.464. The Labute approximate surface area is 208 Å². The van der Waals surface area contributed by atoms with Gasteiger partial charge in [0.25, 0.3) is 5.91 Å². The quantitative estimate of drug-likeness (QED) is 0.275. The van der Waals surface area contributed by atoms with Crippen LogP contribution in [0.15, 0.2) is 52.9 Å². The van der Waals surface area contributed by atoms with E-state index in [0.717, 1.165) is 65.8 Å². The molecule has 0 unspecified atom stereocenters. The van der Waals surface area contributed by atoms with Crippen LogP contribution in [0.25, 0.3) is 11.3 Å². The number of nitrogens with zero attached hydrogens (tertiary/aromatic N) is 2. The number of benzene rings is 1. The van der Waals surface area contributed by atoms with Gasteiger partial charge in [-0.1, -0.05) is 56.5 Å². The largest absolute Gasteiger partial charge is 0.496 e. The fourth-order valence-corrected chi connectivity index (χ4v) is 4.89. The summed E-state index contributed by atoms with van der Waals surface area (Å²) in [6.07, 6.45) is 10.1. The molecule has 0 aromatic heterocycles. The summed E-state index contributed by atoms with van der Waals surface area (Å²) in [7, 11) is 1.69. The standard InChI is InChI=1S/C28H37N3O4/c1-5-10-24(35-4)23(6-2)20-13-15-22(16-14-20)27-26(21-11-8-7-9-12-21)28(34)31(18-29-27)30-19(3)17-25(32)33/h6,10,13-16,21,29H,5,7-9,11-12,17-18H2,1-4H3,(H,32,33)/b23-6-,24-10+,30-19+. The molecule has 0 atom stereocenters. The van der Waals surface area contributed by atoms with Gasteiger partial charge in [-0.15, -0.1) is 0 Å². The molecule has 1 amide bonds. The molecule has 1 fully saturated rings. The summed E-state index contributed by atoms with van der Waals surface area (Å²) in [5, 5.41) is 18.2. The smallest absolute Gasteiger partial charge is 0.309 e. The lowest BCUT2D eigenvalue weighted by Crippen LogP contribution is -2.44. The Morgan fingerprint density at radius 2 is 1.91 bits per heavy atom. The molecule has 1 saturated carbocycles. The van der Waals surface area contributed by atoms with Crippen LogP contribution in [-0.2, 0) is 14.3 Å². The van der Waals surface area contributed by atoms with Crippen LogP contribution in [0, 0.1) is 5.92 Å². The highest BCUT2D eigenvalue weighted by Gasteiger charge is 2.34. The van der Waals surface area contributed by atoms with Gasteiger partial charge in [0.1, 0.15) is 12.4 Å². The molecule has 3 rings (SSSR count). The highest BCUT2D eigenvalue weighted by molar-refractivity contribution is 6.04. The van der Waals surface area contributed by atoms with Crippen molar-refractivity contribution in [1.29, 1.82) is 0 Å². The number of ether oxygens (including phenoxy) is 1. The van der Waals surface area contributed by atoms with Gasteiger partial charge in [0.05, 0.1) is 19.2 Å². The van der Waals surface area contributed by atoms with Crippen molar-refractivity contribution in [3.05, 3.63) is 58.9 Å². The topological polar surface area (TPSA) is 91.2 Å². The van der Waals surface area contributed by atoms with Crippen molar-refractivity contribution < 1.29 is 19.4 Å². The van der Waals surface area contributed by atoms with Crippen LogP contribution >= 0.6 is 0 Å². The van der Waals surface area contributed by atoms with E-state index in [1.54, 1.807) is 14.0 Å². The maximum absolute atomic E-state index is 13.6. The van der Waals surface area contributed by atoms with Gasteiger partial charge < -0.3 is 15.2 Å². The summed E-state index contributed by atoms with van der Waals surface area (Å²) in [4.78, 5) is 24.6. The number of allylic oxidation sites excluding steroid dienone is 3. The highest BCUT2D eigenvalue weighted by Crippen LogP contribution is 2.36. The third-order valence-electron chi connectivity index (χ3n) is 6.50. The van der Waals surface area contributed by atoms with Gasteiger partial charge in [0, 0.05) is 16.9 Å². The zero-order chi connectivity index (χ0) is 25.4. The first-order valence-corrected chi connectivity index (χ1v) is 12.5. The molecule has 35 heavy (non-hydrogen) atoms. The number of rotatable bonds is 9. The number of nitrogens with one attached hydrogen (secondary N) is 1. The zero-order valence-electron chi connectivity index (χ0n) is 21.3. The second kappa shape index (κ2) is 12.4.